The van der Waals surface area contributed by atoms with Gasteiger partial charge in [0.1, 0.15) is 0 Å². The lowest BCUT2D eigenvalue weighted by molar-refractivity contribution is 0.235. The molecule has 2 unspecified atom stereocenters. The molecule has 1 nitrogen and oxygen atoms in total. The molecular weight excluding hydrogens is 253 g/mol. The molecule has 17 heavy (non-hydrogen) atoms. The molecule has 1 aliphatic rings. The van der Waals surface area contributed by atoms with E-state index in [4.69, 9.17) is 28.9 Å². The summed E-state index contributed by atoms with van der Waals surface area (Å²) in [6.07, 6.45) is 5.50. The van der Waals surface area contributed by atoms with Crippen LogP contribution in [0.3, 0.4) is 0 Å². The first-order chi connectivity index (χ1) is 7.98. The van der Waals surface area contributed by atoms with E-state index < -0.39 is 0 Å². The van der Waals surface area contributed by atoms with Crippen LogP contribution in [-0.2, 0) is 6.42 Å². The summed E-state index contributed by atoms with van der Waals surface area (Å²) >= 11 is 12.2. The van der Waals surface area contributed by atoms with Crippen molar-refractivity contribution in [2.24, 2.45) is 11.7 Å². The van der Waals surface area contributed by atoms with E-state index in [1.807, 2.05) is 18.2 Å². The molecule has 1 aromatic rings. The van der Waals surface area contributed by atoms with Crippen molar-refractivity contribution >= 4 is 23.2 Å². The standard InChI is InChI=1S/C14H19Cl2N/c1-10-3-2-6-14(17,8-10)9-11-7-12(15)4-5-13(11)16/h4-5,7,10H,2-3,6,8-9,17H2,1H3. The van der Waals surface area contributed by atoms with Crippen LogP contribution in [0.15, 0.2) is 18.2 Å². The molecule has 1 aromatic carbocycles. The minimum absolute atomic E-state index is 0.105. The molecule has 1 aliphatic carbocycles. The monoisotopic (exact) mass is 271 g/mol. The normalized spacial score (nSPS) is 29.3. The summed E-state index contributed by atoms with van der Waals surface area (Å²) in [5, 5.41) is 1.51. The average molecular weight is 272 g/mol. The molecule has 3 heteroatoms. The molecule has 2 rings (SSSR count). The highest BCUT2D eigenvalue weighted by Gasteiger charge is 2.31. The zero-order valence-corrected chi connectivity index (χ0v) is 11.7. The van der Waals surface area contributed by atoms with Gasteiger partial charge in [0.25, 0.3) is 0 Å². The average Bonchev–Trinajstić information content (AvgIpc) is 2.22. The third kappa shape index (κ3) is 3.37. The van der Waals surface area contributed by atoms with Crippen molar-refractivity contribution in [2.75, 3.05) is 0 Å². The van der Waals surface area contributed by atoms with Crippen molar-refractivity contribution in [1.82, 2.24) is 0 Å². The van der Waals surface area contributed by atoms with Crippen LogP contribution in [0.5, 0.6) is 0 Å². The Morgan fingerprint density at radius 3 is 2.88 bits per heavy atom. The Labute approximate surface area is 113 Å². The predicted octanol–water partition coefficient (Wildman–Crippen LogP) is 4.44. The highest BCUT2D eigenvalue weighted by atomic mass is 35.5. The van der Waals surface area contributed by atoms with Gasteiger partial charge in [-0.25, -0.2) is 0 Å². The van der Waals surface area contributed by atoms with Gasteiger partial charge >= 0.3 is 0 Å². The number of nitrogens with two attached hydrogens (primary N) is 1. The molecular formula is C14H19Cl2N. The van der Waals surface area contributed by atoms with Gasteiger partial charge in [0.05, 0.1) is 0 Å². The van der Waals surface area contributed by atoms with E-state index >= 15 is 0 Å². The molecule has 0 spiro atoms. The molecule has 0 bridgehead atoms. The molecule has 0 aliphatic heterocycles. The smallest absolute Gasteiger partial charge is 0.0439 e. The summed E-state index contributed by atoms with van der Waals surface area (Å²) in [4.78, 5) is 0. The maximum Gasteiger partial charge on any atom is 0.0439 e. The third-order valence-corrected chi connectivity index (χ3v) is 4.28. The summed E-state index contributed by atoms with van der Waals surface area (Å²) in [7, 11) is 0. The van der Waals surface area contributed by atoms with Crippen molar-refractivity contribution in [3.8, 4) is 0 Å². The number of benzene rings is 1. The van der Waals surface area contributed by atoms with Gasteiger partial charge in [-0.3, -0.25) is 0 Å². The second-order valence-corrected chi connectivity index (χ2v) is 6.32. The SMILES string of the molecule is CC1CCCC(N)(Cc2cc(Cl)ccc2Cl)C1. The van der Waals surface area contributed by atoms with E-state index in [1.54, 1.807) is 0 Å². The van der Waals surface area contributed by atoms with Crippen molar-refractivity contribution < 1.29 is 0 Å². The van der Waals surface area contributed by atoms with Crippen LogP contribution in [0.25, 0.3) is 0 Å². The van der Waals surface area contributed by atoms with Gasteiger partial charge in [0.15, 0.2) is 0 Å². The van der Waals surface area contributed by atoms with Crippen molar-refractivity contribution in [3.05, 3.63) is 33.8 Å². The molecule has 2 N–H and O–H groups in total. The van der Waals surface area contributed by atoms with E-state index in [0.29, 0.717) is 5.92 Å². The van der Waals surface area contributed by atoms with Crippen LogP contribution < -0.4 is 5.73 Å². The summed E-state index contributed by atoms with van der Waals surface area (Å²) in [6.45, 7) is 2.28. The zero-order chi connectivity index (χ0) is 12.5. The summed E-state index contributed by atoms with van der Waals surface area (Å²) < 4.78 is 0. The van der Waals surface area contributed by atoms with Crippen LogP contribution >= 0.6 is 23.2 Å². The summed E-state index contributed by atoms with van der Waals surface area (Å²) in [6, 6.07) is 5.62. The van der Waals surface area contributed by atoms with Crippen molar-refractivity contribution in [3.63, 3.8) is 0 Å². The lowest BCUT2D eigenvalue weighted by Crippen LogP contribution is -2.45. The molecule has 1 fully saturated rings. The maximum absolute atomic E-state index is 6.50. The van der Waals surface area contributed by atoms with Gasteiger partial charge in [-0.1, -0.05) is 43.0 Å². The fourth-order valence-electron chi connectivity index (χ4n) is 2.92. The van der Waals surface area contributed by atoms with Gasteiger partial charge in [0.2, 0.25) is 0 Å². The minimum atomic E-state index is -0.105. The lowest BCUT2D eigenvalue weighted by Gasteiger charge is -2.37. The number of rotatable bonds is 2. The first kappa shape index (κ1) is 13.2. The second-order valence-electron chi connectivity index (χ2n) is 5.48. The Morgan fingerprint density at radius 1 is 1.41 bits per heavy atom. The van der Waals surface area contributed by atoms with E-state index in [2.05, 4.69) is 6.92 Å². The molecule has 94 valence electrons. The van der Waals surface area contributed by atoms with Crippen LogP contribution in [0.2, 0.25) is 10.0 Å². The molecule has 2 atom stereocenters. The minimum Gasteiger partial charge on any atom is -0.325 e. The lowest BCUT2D eigenvalue weighted by atomic mass is 9.74. The Kier molecular flexibility index (Phi) is 4.02. The Bertz CT molecular complexity index is 405. The molecule has 0 heterocycles. The first-order valence-electron chi connectivity index (χ1n) is 6.21. The second kappa shape index (κ2) is 5.17. The summed E-state index contributed by atoms with van der Waals surface area (Å²) in [5.74, 6) is 0.715. The van der Waals surface area contributed by atoms with E-state index in [-0.39, 0.29) is 5.54 Å². The molecule has 1 saturated carbocycles. The largest absolute Gasteiger partial charge is 0.325 e. The van der Waals surface area contributed by atoms with E-state index in [1.165, 1.54) is 12.8 Å². The fourth-order valence-corrected chi connectivity index (χ4v) is 3.30. The molecule has 0 aromatic heterocycles. The molecule has 0 saturated heterocycles. The number of hydrogen-bond acceptors (Lipinski definition) is 1. The Hall–Kier alpha value is -0.240. The van der Waals surface area contributed by atoms with E-state index in [9.17, 15) is 0 Å². The van der Waals surface area contributed by atoms with Gasteiger partial charge in [-0.05, 0) is 48.9 Å². The van der Waals surface area contributed by atoms with Crippen LogP contribution in [0.4, 0.5) is 0 Å². The third-order valence-electron chi connectivity index (χ3n) is 3.68. The topological polar surface area (TPSA) is 26.0 Å². The predicted molar refractivity (Wildman–Crippen MR) is 74.7 cm³/mol. The van der Waals surface area contributed by atoms with Crippen molar-refractivity contribution in [1.29, 1.82) is 0 Å². The Balaban J connectivity index is 2.16. The van der Waals surface area contributed by atoms with Crippen LogP contribution in [0.1, 0.15) is 38.2 Å². The maximum atomic E-state index is 6.50. The fraction of sp³-hybridized carbons (Fsp3) is 0.571. The van der Waals surface area contributed by atoms with Gasteiger partial charge in [-0.15, -0.1) is 0 Å². The van der Waals surface area contributed by atoms with Crippen LogP contribution in [-0.4, -0.2) is 5.54 Å². The van der Waals surface area contributed by atoms with Gasteiger partial charge < -0.3 is 5.73 Å². The van der Waals surface area contributed by atoms with E-state index in [0.717, 1.165) is 34.9 Å². The highest BCUT2D eigenvalue weighted by Crippen LogP contribution is 2.34. The number of hydrogen-bond donors (Lipinski definition) is 1. The van der Waals surface area contributed by atoms with Gasteiger partial charge in [-0.2, -0.15) is 0 Å². The number of halogens is 2. The summed E-state index contributed by atoms with van der Waals surface area (Å²) in [5.41, 5.74) is 7.47. The molecule has 0 amide bonds. The van der Waals surface area contributed by atoms with Gasteiger partial charge in [0, 0.05) is 15.6 Å². The van der Waals surface area contributed by atoms with Crippen LogP contribution in [0, 0.1) is 5.92 Å². The quantitative estimate of drug-likeness (QED) is 0.846. The highest BCUT2D eigenvalue weighted by molar-refractivity contribution is 6.33. The first-order valence-corrected chi connectivity index (χ1v) is 6.97. The zero-order valence-electron chi connectivity index (χ0n) is 10.2. The molecule has 0 radical (unpaired) electrons. The Morgan fingerprint density at radius 2 is 2.18 bits per heavy atom. The van der Waals surface area contributed by atoms with Crippen molar-refractivity contribution in [2.45, 2.75) is 44.6 Å².